The van der Waals surface area contributed by atoms with E-state index in [0.29, 0.717) is 18.4 Å². The molecule has 0 saturated heterocycles. The fraction of sp³-hybridized carbons (Fsp3) is 0.375. The Labute approximate surface area is 66.8 Å². The van der Waals surface area contributed by atoms with Crippen molar-refractivity contribution in [2.24, 2.45) is 11.5 Å². The van der Waals surface area contributed by atoms with Crippen LogP contribution in [0.3, 0.4) is 0 Å². The van der Waals surface area contributed by atoms with Gasteiger partial charge in [0.1, 0.15) is 0 Å². The first-order valence-corrected chi connectivity index (χ1v) is 3.46. The van der Waals surface area contributed by atoms with Gasteiger partial charge >= 0.3 is 0 Å². The first-order valence-electron chi connectivity index (χ1n) is 3.46. The lowest BCUT2D eigenvalue weighted by molar-refractivity contribution is -0.114. The number of primary amides is 1. The molecule has 4 N–H and O–H groups in total. The number of nitrogens with two attached hydrogens (primary N) is 2. The Morgan fingerprint density at radius 2 is 2.00 bits per heavy atom. The molecule has 3 nitrogen and oxygen atoms in total. The molecule has 0 heterocycles. The highest BCUT2D eigenvalue weighted by atomic mass is 16.1. The molecule has 0 unspecified atom stereocenters. The van der Waals surface area contributed by atoms with Crippen LogP contribution in [0.25, 0.3) is 0 Å². The molecule has 3 heteroatoms. The maximum atomic E-state index is 10.5. The number of hydrogen-bond donors (Lipinski definition) is 2. The Bertz CT molecular complexity index is 194. The van der Waals surface area contributed by atoms with Crippen molar-refractivity contribution in [2.75, 3.05) is 0 Å². The predicted octanol–water partition coefficient (Wildman–Crippen LogP) is 0.671. The highest BCUT2D eigenvalue weighted by Gasteiger charge is 2.00. The summed E-state index contributed by atoms with van der Waals surface area (Å²) in [6.45, 7) is 5.35. The summed E-state index contributed by atoms with van der Waals surface area (Å²) < 4.78 is 0. The highest BCUT2D eigenvalue weighted by Crippen LogP contribution is 2.05. The molecule has 0 aliphatic carbocycles. The summed E-state index contributed by atoms with van der Waals surface area (Å²) in [6, 6.07) is 0. The fourth-order valence-corrected chi connectivity index (χ4v) is 0.563. The lowest BCUT2D eigenvalue weighted by Gasteiger charge is -2.00. The van der Waals surface area contributed by atoms with Crippen LogP contribution in [0.15, 0.2) is 23.9 Å². The van der Waals surface area contributed by atoms with Crippen molar-refractivity contribution in [3.05, 3.63) is 23.9 Å². The number of rotatable bonds is 4. The minimum atomic E-state index is -0.450. The lowest BCUT2D eigenvalue weighted by Crippen LogP contribution is -2.13. The molecule has 0 aromatic rings. The Morgan fingerprint density at radius 1 is 1.45 bits per heavy atom. The summed E-state index contributed by atoms with van der Waals surface area (Å²) in [5.74, 6) is -0.450. The SMILES string of the molecule is C=C(CC/C(N)=C\C)C(N)=O. The molecular weight excluding hydrogens is 140 g/mol. The van der Waals surface area contributed by atoms with Gasteiger partial charge in [-0.25, -0.2) is 0 Å². The van der Waals surface area contributed by atoms with Gasteiger partial charge in [-0.05, 0) is 19.8 Å². The van der Waals surface area contributed by atoms with Gasteiger partial charge in [-0.3, -0.25) is 4.79 Å². The topological polar surface area (TPSA) is 69.1 Å². The summed E-state index contributed by atoms with van der Waals surface area (Å²) in [4.78, 5) is 10.5. The number of carbonyl (C=O) groups excluding carboxylic acids is 1. The first kappa shape index (κ1) is 9.75. The molecule has 0 aliphatic heterocycles. The zero-order chi connectivity index (χ0) is 8.85. The average Bonchev–Trinajstić information content (AvgIpc) is 1.99. The smallest absolute Gasteiger partial charge is 0.244 e. The molecule has 0 saturated carbocycles. The minimum absolute atomic E-state index is 0.426. The van der Waals surface area contributed by atoms with Crippen LogP contribution in [-0.4, -0.2) is 5.91 Å². The standard InChI is InChI=1S/C8H14N2O/c1-3-7(9)5-4-6(2)8(10)11/h3H,2,4-5,9H2,1H3,(H2,10,11)/b7-3+. The van der Waals surface area contributed by atoms with Crippen molar-refractivity contribution < 1.29 is 4.79 Å². The van der Waals surface area contributed by atoms with E-state index in [-0.39, 0.29) is 0 Å². The quantitative estimate of drug-likeness (QED) is 0.584. The van der Waals surface area contributed by atoms with Crippen LogP contribution >= 0.6 is 0 Å². The summed E-state index contributed by atoms with van der Waals surface area (Å²) in [5, 5.41) is 0. The third-order valence-electron chi connectivity index (χ3n) is 1.43. The molecule has 0 aliphatic rings. The molecule has 0 radical (unpaired) electrons. The van der Waals surface area contributed by atoms with Crippen molar-refractivity contribution in [3.63, 3.8) is 0 Å². The van der Waals surface area contributed by atoms with Crippen LogP contribution < -0.4 is 11.5 Å². The van der Waals surface area contributed by atoms with E-state index < -0.39 is 5.91 Å². The van der Waals surface area contributed by atoms with Gasteiger partial charge in [0.15, 0.2) is 0 Å². The zero-order valence-corrected chi connectivity index (χ0v) is 6.76. The van der Waals surface area contributed by atoms with Crippen LogP contribution in [0.2, 0.25) is 0 Å². The third-order valence-corrected chi connectivity index (χ3v) is 1.43. The van der Waals surface area contributed by atoms with Crippen LogP contribution in [0.4, 0.5) is 0 Å². The van der Waals surface area contributed by atoms with E-state index in [1.54, 1.807) is 6.08 Å². The largest absolute Gasteiger partial charge is 0.402 e. The lowest BCUT2D eigenvalue weighted by atomic mass is 10.1. The van der Waals surface area contributed by atoms with Gasteiger partial charge in [-0.1, -0.05) is 12.7 Å². The van der Waals surface area contributed by atoms with Gasteiger partial charge in [0.05, 0.1) is 0 Å². The van der Waals surface area contributed by atoms with Gasteiger partial charge in [-0.15, -0.1) is 0 Å². The Hall–Kier alpha value is -1.25. The zero-order valence-electron chi connectivity index (χ0n) is 6.76. The molecule has 1 amide bonds. The van der Waals surface area contributed by atoms with Crippen molar-refractivity contribution in [1.29, 1.82) is 0 Å². The van der Waals surface area contributed by atoms with E-state index in [9.17, 15) is 4.79 Å². The first-order chi connectivity index (χ1) is 5.07. The summed E-state index contributed by atoms with van der Waals surface area (Å²) >= 11 is 0. The van der Waals surface area contributed by atoms with Crippen molar-refractivity contribution >= 4 is 5.91 Å². The number of carbonyl (C=O) groups is 1. The van der Waals surface area contributed by atoms with Crippen LogP contribution in [0, 0.1) is 0 Å². The second-order valence-corrected chi connectivity index (χ2v) is 2.33. The summed E-state index contributed by atoms with van der Waals surface area (Å²) in [5.41, 5.74) is 11.6. The van der Waals surface area contributed by atoms with Crippen LogP contribution in [0.1, 0.15) is 19.8 Å². The Morgan fingerprint density at radius 3 is 2.36 bits per heavy atom. The van der Waals surface area contributed by atoms with E-state index in [1.165, 1.54) is 0 Å². The van der Waals surface area contributed by atoms with E-state index >= 15 is 0 Å². The van der Waals surface area contributed by atoms with Gasteiger partial charge < -0.3 is 11.5 Å². The third kappa shape index (κ3) is 4.19. The average molecular weight is 154 g/mol. The Balaban J connectivity index is 3.72. The second kappa shape index (κ2) is 4.55. The Kier molecular flexibility index (Phi) is 4.03. The van der Waals surface area contributed by atoms with Gasteiger partial charge in [0, 0.05) is 11.3 Å². The summed E-state index contributed by atoms with van der Waals surface area (Å²) in [7, 11) is 0. The predicted molar refractivity (Wildman–Crippen MR) is 45.5 cm³/mol. The maximum Gasteiger partial charge on any atom is 0.244 e. The molecule has 62 valence electrons. The van der Waals surface area contributed by atoms with Crippen molar-refractivity contribution in [2.45, 2.75) is 19.8 Å². The molecule has 0 spiro atoms. The molecule has 0 bridgehead atoms. The van der Waals surface area contributed by atoms with E-state index in [2.05, 4.69) is 6.58 Å². The van der Waals surface area contributed by atoms with E-state index in [0.717, 1.165) is 5.70 Å². The van der Waals surface area contributed by atoms with Crippen molar-refractivity contribution in [3.8, 4) is 0 Å². The monoisotopic (exact) mass is 154 g/mol. The highest BCUT2D eigenvalue weighted by molar-refractivity contribution is 5.91. The van der Waals surface area contributed by atoms with Crippen LogP contribution in [-0.2, 0) is 4.79 Å². The second-order valence-electron chi connectivity index (χ2n) is 2.33. The minimum Gasteiger partial charge on any atom is -0.402 e. The van der Waals surface area contributed by atoms with Gasteiger partial charge in [0.2, 0.25) is 5.91 Å². The van der Waals surface area contributed by atoms with E-state index in [4.69, 9.17) is 11.5 Å². The molecular formula is C8H14N2O. The molecule has 0 aromatic carbocycles. The van der Waals surface area contributed by atoms with Gasteiger partial charge in [-0.2, -0.15) is 0 Å². The maximum absolute atomic E-state index is 10.5. The van der Waals surface area contributed by atoms with Gasteiger partial charge in [0.25, 0.3) is 0 Å². The number of allylic oxidation sites excluding steroid dienone is 2. The summed E-state index contributed by atoms with van der Waals surface area (Å²) in [6.07, 6.45) is 3.00. The molecule has 0 rings (SSSR count). The number of hydrogen-bond acceptors (Lipinski definition) is 2. The van der Waals surface area contributed by atoms with E-state index in [1.807, 2.05) is 6.92 Å². The normalized spacial score (nSPS) is 11.2. The number of amides is 1. The van der Waals surface area contributed by atoms with Crippen molar-refractivity contribution in [1.82, 2.24) is 0 Å². The molecule has 0 aromatic heterocycles. The van der Waals surface area contributed by atoms with Crippen LogP contribution in [0.5, 0.6) is 0 Å². The molecule has 11 heavy (non-hydrogen) atoms. The molecule has 0 atom stereocenters. The fourth-order valence-electron chi connectivity index (χ4n) is 0.563. The molecule has 0 fully saturated rings.